The van der Waals surface area contributed by atoms with Gasteiger partial charge in [-0.05, 0) is 43.0 Å². The van der Waals surface area contributed by atoms with Crippen LogP contribution in [-0.2, 0) is 16.8 Å². The first kappa shape index (κ1) is 28.0. The molecular weight excluding hydrogens is 477 g/mol. The molecule has 1 aliphatic heterocycles. The highest BCUT2D eigenvalue weighted by molar-refractivity contribution is 6.06. The molecule has 0 spiro atoms. The van der Waals surface area contributed by atoms with Crippen LogP contribution in [0, 0.1) is 11.2 Å². The average Bonchev–Trinajstić information content (AvgIpc) is 3.14. The molecule has 0 saturated heterocycles. The first-order chi connectivity index (χ1) is 17.3. The van der Waals surface area contributed by atoms with Gasteiger partial charge in [0.05, 0.1) is 38.1 Å². The maximum absolute atomic E-state index is 15.4. The highest BCUT2D eigenvalue weighted by Crippen LogP contribution is 2.41. The van der Waals surface area contributed by atoms with E-state index < -0.39 is 5.82 Å². The summed E-state index contributed by atoms with van der Waals surface area (Å²) >= 11 is 0. The van der Waals surface area contributed by atoms with Crippen molar-refractivity contribution in [3.05, 3.63) is 46.3 Å². The summed E-state index contributed by atoms with van der Waals surface area (Å²) in [5.41, 5.74) is 1.94. The summed E-state index contributed by atoms with van der Waals surface area (Å²) in [6.45, 7) is 11.6. The molecule has 0 fully saturated rings. The largest absolute Gasteiger partial charge is 0.494 e. The van der Waals surface area contributed by atoms with E-state index in [1.165, 1.54) is 23.8 Å². The zero-order chi connectivity index (χ0) is 27.7. The molecule has 0 radical (unpaired) electrons. The predicted molar refractivity (Wildman–Crippen MR) is 141 cm³/mol. The SMILES string of the molecule is CCOc1cc2c(c(F)c1OCC)C(=N)N(CC(=O)c1cc(N(C)C(C)=O)c(OC)c(C(C)(C)C)c1)C2. The fourth-order valence-corrected chi connectivity index (χ4v) is 4.39. The van der Waals surface area contributed by atoms with E-state index in [2.05, 4.69) is 0 Å². The van der Waals surface area contributed by atoms with Crippen LogP contribution in [0.4, 0.5) is 10.1 Å². The van der Waals surface area contributed by atoms with Crippen molar-refractivity contribution in [1.29, 1.82) is 5.41 Å². The number of amides is 1. The molecule has 3 rings (SSSR count). The second kappa shape index (κ2) is 10.8. The highest BCUT2D eigenvalue weighted by atomic mass is 19.1. The fraction of sp³-hybridized carbons (Fsp3) is 0.464. The van der Waals surface area contributed by atoms with Crippen LogP contribution in [-0.4, -0.2) is 56.3 Å². The number of methoxy groups -OCH3 is 1. The molecule has 2 aromatic rings. The number of carbonyl (C=O) groups excluding carboxylic acids is 2. The Morgan fingerprint density at radius 3 is 2.30 bits per heavy atom. The van der Waals surface area contributed by atoms with Crippen molar-refractivity contribution in [3.8, 4) is 17.2 Å². The van der Waals surface area contributed by atoms with Crippen molar-refractivity contribution in [1.82, 2.24) is 4.90 Å². The summed E-state index contributed by atoms with van der Waals surface area (Å²) in [6, 6.07) is 5.08. The van der Waals surface area contributed by atoms with Gasteiger partial charge < -0.3 is 24.0 Å². The van der Waals surface area contributed by atoms with Crippen LogP contribution in [0.5, 0.6) is 17.2 Å². The number of amidine groups is 1. The van der Waals surface area contributed by atoms with Gasteiger partial charge in [-0.3, -0.25) is 15.0 Å². The Kier molecular flexibility index (Phi) is 8.15. The second-order valence-electron chi connectivity index (χ2n) is 9.95. The van der Waals surface area contributed by atoms with Crippen LogP contribution >= 0.6 is 0 Å². The molecule has 37 heavy (non-hydrogen) atoms. The molecule has 1 aliphatic rings. The van der Waals surface area contributed by atoms with Gasteiger partial charge in [0.2, 0.25) is 5.91 Å². The van der Waals surface area contributed by atoms with Crippen molar-refractivity contribution in [3.63, 3.8) is 0 Å². The summed E-state index contributed by atoms with van der Waals surface area (Å²) in [4.78, 5) is 28.7. The van der Waals surface area contributed by atoms with E-state index in [0.29, 0.717) is 29.2 Å². The molecule has 1 N–H and O–H groups in total. The highest BCUT2D eigenvalue weighted by Gasteiger charge is 2.34. The van der Waals surface area contributed by atoms with Gasteiger partial charge in [0.15, 0.2) is 23.1 Å². The summed E-state index contributed by atoms with van der Waals surface area (Å²) in [7, 11) is 3.16. The molecule has 9 heteroatoms. The minimum atomic E-state index is -0.660. The van der Waals surface area contributed by atoms with Gasteiger partial charge in [-0.2, -0.15) is 0 Å². The average molecular weight is 514 g/mol. The molecule has 0 aliphatic carbocycles. The van der Waals surface area contributed by atoms with Crippen molar-refractivity contribution in [2.75, 3.05) is 38.8 Å². The third-order valence-electron chi connectivity index (χ3n) is 6.34. The minimum absolute atomic E-state index is 0.0251. The number of benzene rings is 2. The lowest BCUT2D eigenvalue weighted by molar-refractivity contribution is -0.116. The first-order valence-electron chi connectivity index (χ1n) is 12.3. The van der Waals surface area contributed by atoms with Crippen LogP contribution in [0.25, 0.3) is 0 Å². The Morgan fingerprint density at radius 1 is 1.11 bits per heavy atom. The van der Waals surface area contributed by atoms with Gasteiger partial charge in [0, 0.05) is 31.6 Å². The van der Waals surface area contributed by atoms with E-state index in [-0.39, 0.29) is 59.7 Å². The minimum Gasteiger partial charge on any atom is -0.494 e. The number of carbonyl (C=O) groups is 2. The molecule has 0 atom stereocenters. The number of nitrogens with zero attached hydrogens (tertiary/aromatic N) is 2. The normalized spacial score (nSPS) is 12.9. The van der Waals surface area contributed by atoms with Gasteiger partial charge in [0.25, 0.3) is 0 Å². The molecule has 0 saturated carbocycles. The first-order valence-corrected chi connectivity index (χ1v) is 12.3. The second-order valence-corrected chi connectivity index (χ2v) is 9.95. The van der Waals surface area contributed by atoms with Crippen molar-refractivity contribution in [2.45, 2.75) is 53.5 Å². The monoisotopic (exact) mass is 513 g/mol. The Labute approximate surface area is 217 Å². The number of ether oxygens (including phenoxy) is 3. The molecule has 1 heterocycles. The number of anilines is 1. The Morgan fingerprint density at radius 2 is 1.76 bits per heavy atom. The number of hydrogen-bond acceptors (Lipinski definition) is 6. The lowest BCUT2D eigenvalue weighted by Gasteiger charge is -2.28. The molecule has 0 aromatic heterocycles. The van der Waals surface area contributed by atoms with Gasteiger partial charge in [-0.1, -0.05) is 20.8 Å². The molecule has 8 nitrogen and oxygen atoms in total. The Balaban J connectivity index is 2.00. The topological polar surface area (TPSA) is 92.2 Å². The number of ketones is 1. The molecule has 0 unspecified atom stereocenters. The van der Waals surface area contributed by atoms with Crippen molar-refractivity contribution < 1.29 is 28.2 Å². The summed E-state index contributed by atoms with van der Waals surface area (Å²) in [5.74, 6) is -0.434. The molecule has 0 bridgehead atoms. The van der Waals surface area contributed by atoms with E-state index in [9.17, 15) is 9.59 Å². The lowest BCUT2D eigenvalue weighted by Crippen LogP contribution is -2.31. The third-order valence-corrected chi connectivity index (χ3v) is 6.34. The number of Topliss-reactive ketones (excluding diaryl/α,β-unsaturated/α-hetero) is 1. The van der Waals surface area contributed by atoms with Gasteiger partial charge in [-0.15, -0.1) is 0 Å². The van der Waals surface area contributed by atoms with E-state index in [1.54, 1.807) is 39.1 Å². The number of hydrogen-bond donors (Lipinski definition) is 1. The number of fused-ring (bicyclic) bond motifs is 1. The van der Waals surface area contributed by atoms with Gasteiger partial charge in [-0.25, -0.2) is 4.39 Å². The molecule has 2 aromatic carbocycles. The molecule has 1 amide bonds. The molecule has 200 valence electrons. The Bertz CT molecular complexity index is 1240. The maximum atomic E-state index is 15.4. The van der Waals surface area contributed by atoms with Crippen molar-refractivity contribution in [2.24, 2.45) is 0 Å². The van der Waals surface area contributed by atoms with E-state index in [1.807, 2.05) is 20.8 Å². The van der Waals surface area contributed by atoms with Crippen LogP contribution < -0.4 is 19.1 Å². The molecular formula is C28H36FN3O5. The maximum Gasteiger partial charge on any atom is 0.223 e. The summed E-state index contributed by atoms with van der Waals surface area (Å²) < 4.78 is 32.1. The summed E-state index contributed by atoms with van der Waals surface area (Å²) in [6.07, 6.45) is 0. The number of nitrogens with one attached hydrogen (secondary N) is 1. The van der Waals surface area contributed by atoms with Crippen LogP contribution in [0.15, 0.2) is 18.2 Å². The predicted octanol–water partition coefficient (Wildman–Crippen LogP) is 4.94. The van der Waals surface area contributed by atoms with Gasteiger partial charge >= 0.3 is 0 Å². The van der Waals surface area contributed by atoms with Gasteiger partial charge in [0.1, 0.15) is 11.6 Å². The Hall–Kier alpha value is -3.62. The number of halogens is 1. The third kappa shape index (κ3) is 5.40. The zero-order valence-corrected chi connectivity index (χ0v) is 22.9. The quantitative estimate of drug-likeness (QED) is 0.478. The van der Waals surface area contributed by atoms with E-state index in [0.717, 1.165) is 5.56 Å². The lowest BCUT2D eigenvalue weighted by atomic mass is 9.84. The van der Waals surface area contributed by atoms with Crippen molar-refractivity contribution >= 4 is 23.2 Å². The van der Waals surface area contributed by atoms with Crippen LogP contribution in [0.3, 0.4) is 0 Å². The summed E-state index contributed by atoms with van der Waals surface area (Å²) in [5, 5.41) is 8.62. The van der Waals surface area contributed by atoms with Crippen LogP contribution in [0.1, 0.15) is 68.6 Å². The number of rotatable bonds is 9. The fourth-order valence-electron chi connectivity index (χ4n) is 4.39. The smallest absolute Gasteiger partial charge is 0.223 e. The zero-order valence-electron chi connectivity index (χ0n) is 22.9. The standard InChI is InChI=1S/C28H36FN3O5/c1-9-36-22-13-18-14-32(27(30)23(18)24(29)26(22)37-10-2)15-21(34)17-11-19(28(4,5)6)25(35-8)20(12-17)31(7)16(3)33/h11-13,30H,9-10,14-15H2,1-8H3. The van der Waals surface area contributed by atoms with E-state index in [4.69, 9.17) is 19.6 Å². The van der Waals surface area contributed by atoms with E-state index >= 15 is 4.39 Å². The van der Waals surface area contributed by atoms with Crippen LogP contribution in [0.2, 0.25) is 0 Å².